The molecule has 0 saturated carbocycles. The van der Waals surface area contributed by atoms with Crippen molar-refractivity contribution >= 4 is 11.7 Å². The van der Waals surface area contributed by atoms with E-state index < -0.39 is 0 Å². The normalized spacial score (nSPS) is 15.4. The van der Waals surface area contributed by atoms with E-state index in [-0.39, 0.29) is 23.7 Å². The molecule has 9 heteroatoms. The number of aromatic nitrogens is 4. The molecular weight excluding hydrogens is 312 g/mol. The van der Waals surface area contributed by atoms with Gasteiger partial charge in [-0.2, -0.15) is 4.52 Å². The first-order chi connectivity index (χ1) is 11.6. The lowest BCUT2D eigenvalue weighted by atomic mass is 10.3. The maximum absolute atomic E-state index is 11.9. The van der Waals surface area contributed by atoms with Crippen LogP contribution in [0.5, 0.6) is 0 Å². The molecule has 1 fully saturated rings. The molecule has 24 heavy (non-hydrogen) atoms. The molecule has 9 nitrogen and oxygen atoms in total. The molecule has 2 aromatic heterocycles. The molecule has 2 aromatic rings. The monoisotopic (exact) mass is 334 g/mol. The predicted octanol–water partition coefficient (Wildman–Crippen LogP) is -0.164. The van der Waals surface area contributed by atoms with E-state index in [2.05, 4.69) is 32.1 Å². The van der Waals surface area contributed by atoms with Gasteiger partial charge in [-0.05, 0) is 19.3 Å². The largest absolute Gasteiger partial charge is 0.465 e. The second kappa shape index (κ2) is 7.54. The molecule has 1 saturated heterocycles. The Labute approximate surface area is 139 Å². The van der Waals surface area contributed by atoms with Gasteiger partial charge in [-0.25, -0.2) is 20.0 Å². The molecule has 0 aliphatic carbocycles. The molecule has 0 bridgehead atoms. The maximum atomic E-state index is 11.9. The molecular formula is C15H22N6O3. The fraction of sp³-hybridized carbons (Fsp3) is 0.600. The van der Waals surface area contributed by atoms with Crippen LogP contribution in [-0.2, 0) is 16.0 Å². The Morgan fingerprint density at radius 2 is 2.21 bits per heavy atom. The fourth-order valence-corrected chi connectivity index (χ4v) is 2.82. The lowest BCUT2D eigenvalue weighted by molar-refractivity contribution is -0.143. The highest BCUT2D eigenvalue weighted by Crippen LogP contribution is 2.09. The van der Waals surface area contributed by atoms with Gasteiger partial charge in [0.1, 0.15) is 6.33 Å². The van der Waals surface area contributed by atoms with Crippen molar-refractivity contribution in [2.75, 3.05) is 33.3 Å². The van der Waals surface area contributed by atoms with E-state index in [1.54, 1.807) is 0 Å². The minimum absolute atomic E-state index is 0.0272. The fourth-order valence-electron chi connectivity index (χ4n) is 2.82. The van der Waals surface area contributed by atoms with Gasteiger partial charge in [-0.15, -0.1) is 0 Å². The first-order valence-corrected chi connectivity index (χ1v) is 8.17. The number of hydrogen-bond donors (Lipinski definition) is 1. The highest BCUT2D eigenvalue weighted by Gasteiger charge is 2.16. The second-order valence-corrected chi connectivity index (χ2v) is 5.90. The van der Waals surface area contributed by atoms with Crippen LogP contribution < -0.4 is 5.56 Å². The smallest absolute Gasteiger partial charge is 0.311 e. The average Bonchev–Trinajstić information content (AvgIpc) is 3.22. The van der Waals surface area contributed by atoms with Crippen LogP contribution in [0, 0.1) is 0 Å². The number of aromatic amines is 1. The number of ether oxygens (including phenoxy) is 1. The number of carbonyl (C=O) groups is 1. The van der Waals surface area contributed by atoms with Gasteiger partial charge in [0, 0.05) is 32.7 Å². The van der Waals surface area contributed by atoms with Gasteiger partial charge in [0.15, 0.2) is 0 Å². The quantitative estimate of drug-likeness (QED) is 0.555. The molecule has 3 rings (SSSR count). The molecule has 0 atom stereocenters. The standard InChI is InChI=1S/C15H22N6O3/c1-19(20-6-2-3-7-20)5-4-8-24-14(23)10-12-9-13(22)21-15(18-12)16-11-17-21/h9,11H,2-8,10H2,1H3,(H,16,17,18). The Balaban J connectivity index is 1.42. The van der Waals surface area contributed by atoms with Crippen LogP contribution in [0.4, 0.5) is 0 Å². The number of H-pyrrole nitrogens is 1. The zero-order valence-electron chi connectivity index (χ0n) is 13.8. The first kappa shape index (κ1) is 16.6. The molecule has 3 heterocycles. The summed E-state index contributed by atoms with van der Waals surface area (Å²) in [5.41, 5.74) is 0.0684. The molecule has 0 spiro atoms. The minimum atomic E-state index is -0.384. The van der Waals surface area contributed by atoms with Gasteiger partial charge in [0.2, 0.25) is 0 Å². The number of carbonyl (C=O) groups excluding carboxylic acids is 1. The highest BCUT2D eigenvalue weighted by atomic mass is 16.5. The zero-order valence-corrected chi connectivity index (χ0v) is 13.8. The summed E-state index contributed by atoms with van der Waals surface area (Å²) in [5.74, 6) is -0.136. The summed E-state index contributed by atoms with van der Waals surface area (Å²) in [4.78, 5) is 31.7. The lowest BCUT2D eigenvalue weighted by Crippen LogP contribution is -2.38. The van der Waals surface area contributed by atoms with Crippen molar-refractivity contribution in [1.29, 1.82) is 0 Å². The van der Waals surface area contributed by atoms with Gasteiger partial charge < -0.3 is 4.74 Å². The number of fused-ring (bicyclic) bond motifs is 1. The molecule has 0 unspecified atom stereocenters. The van der Waals surface area contributed by atoms with E-state index >= 15 is 0 Å². The van der Waals surface area contributed by atoms with Gasteiger partial charge in [-0.1, -0.05) is 0 Å². The van der Waals surface area contributed by atoms with E-state index in [0.717, 1.165) is 26.1 Å². The van der Waals surface area contributed by atoms with Crippen molar-refractivity contribution in [3.8, 4) is 0 Å². The average molecular weight is 334 g/mol. The molecule has 1 N–H and O–H groups in total. The highest BCUT2D eigenvalue weighted by molar-refractivity contribution is 5.72. The maximum Gasteiger partial charge on any atom is 0.311 e. The summed E-state index contributed by atoms with van der Waals surface area (Å²) >= 11 is 0. The summed E-state index contributed by atoms with van der Waals surface area (Å²) in [6.07, 6.45) is 4.61. The van der Waals surface area contributed by atoms with Crippen LogP contribution >= 0.6 is 0 Å². The summed E-state index contributed by atoms with van der Waals surface area (Å²) in [6, 6.07) is 1.31. The zero-order chi connectivity index (χ0) is 16.9. The molecule has 1 aliphatic heterocycles. The molecule has 1 aliphatic rings. The number of nitrogens with one attached hydrogen (secondary N) is 1. The van der Waals surface area contributed by atoms with E-state index in [9.17, 15) is 9.59 Å². The van der Waals surface area contributed by atoms with Crippen LogP contribution in [0.3, 0.4) is 0 Å². The van der Waals surface area contributed by atoms with Crippen molar-refractivity contribution in [3.05, 3.63) is 28.4 Å². The Morgan fingerprint density at radius 1 is 1.42 bits per heavy atom. The van der Waals surface area contributed by atoms with E-state index in [4.69, 9.17) is 4.74 Å². The number of hydrazine groups is 1. The summed E-state index contributed by atoms with van der Waals surface area (Å²) in [7, 11) is 2.06. The minimum Gasteiger partial charge on any atom is -0.465 e. The van der Waals surface area contributed by atoms with Crippen LogP contribution in [0.25, 0.3) is 5.78 Å². The van der Waals surface area contributed by atoms with Gasteiger partial charge in [0.25, 0.3) is 11.3 Å². The summed E-state index contributed by atoms with van der Waals surface area (Å²) < 4.78 is 6.44. The van der Waals surface area contributed by atoms with Crippen molar-refractivity contribution in [2.45, 2.75) is 25.7 Å². The topological polar surface area (TPSA) is 95.8 Å². The van der Waals surface area contributed by atoms with Crippen molar-refractivity contribution in [1.82, 2.24) is 29.6 Å². The third kappa shape index (κ3) is 3.98. The van der Waals surface area contributed by atoms with Gasteiger partial charge in [0.05, 0.1) is 18.7 Å². The van der Waals surface area contributed by atoms with E-state index in [0.29, 0.717) is 12.3 Å². The Bertz CT molecular complexity index is 749. The lowest BCUT2D eigenvalue weighted by Gasteiger charge is -2.27. The van der Waals surface area contributed by atoms with Crippen molar-refractivity contribution < 1.29 is 9.53 Å². The third-order valence-electron chi connectivity index (χ3n) is 4.10. The van der Waals surface area contributed by atoms with Crippen LogP contribution in [0.15, 0.2) is 17.2 Å². The number of rotatable bonds is 7. The summed E-state index contributed by atoms with van der Waals surface area (Å²) in [5, 5.41) is 7.16. The number of nitrogens with zero attached hydrogens (tertiary/aromatic N) is 5. The SMILES string of the molecule is CN(CCCOC(=O)Cc1cc(=O)n2[nH]cnc2n1)N1CCCC1. The molecule has 0 amide bonds. The van der Waals surface area contributed by atoms with Crippen molar-refractivity contribution in [2.24, 2.45) is 0 Å². The predicted molar refractivity (Wildman–Crippen MR) is 86.3 cm³/mol. The molecule has 0 radical (unpaired) electrons. The Kier molecular flexibility index (Phi) is 5.21. The van der Waals surface area contributed by atoms with Gasteiger partial charge >= 0.3 is 5.97 Å². The summed E-state index contributed by atoms with van der Waals surface area (Å²) in [6.45, 7) is 3.42. The number of esters is 1. The second-order valence-electron chi connectivity index (χ2n) is 5.90. The van der Waals surface area contributed by atoms with E-state index in [1.807, 2.05) is 0 Å². The first-order valence-electron chi connectivity index (χ1n) is 8.17. The van der Waals surface area contributed by atoms with E-state index in [1.165, 1.54) is 29.8 Å². The van der Waals surface area contributed by atoms with Crippen LogP contribution in [0.1, 0.15) is 25.0 Å². The number of hydrogen-bond acceptors (Lipinski definition) is 7. The van der Waals surface area contributed by atoms with Gasteiger partial charge in [-0.3, -0.25) is 14.7 Å². The van der Waals surface area contributed by atoms with Crippen LogP contribution in [0.2, 0.25) is 0 Å². The molecule has 0 aromatic carbocycles. The van der Waals surface area contributed by atoms with Crippen LogP contribution in [-0.4, -0.2) is 68.9 Å². The van der Waals surface area contributed by atoms with Crippen molar-refractivity contribution in [3.63, 3.8) is 0 Å². The Morgan fingerprint density at radius 3 is 3.00 bits per heavy atom. The Hall–Kier alpha value is -2.26. The third-order valence-corrected chi connectivity index (χ3v) is 4.10. The molecule has 130 valence electrons.